The summed E-state index contributed by atoms with van der Waals surface area (Å²) in [6.07, 6.45) is 5.48. The van der Waals surface area contributed by atoms with E-state index in [0.29, 0.717) is 16.9 Å². The lowest BCUT2D eigenvalue weighted by molar-refractivity contribution is 0.454. The van der Waals surface area contributed by atoms with E-state index in [2.05, 4.69) is 15.1 Å². The molecule has 4 aromatic rings. The number of hydrogen-bond donors (Lipinski definition) is 3. The Morgan fingerprint density at radius 3 is 2.96 bits per heavy atom. The van der Waals surface area contributed by atoms with Gasteiger partial charge < -0.3 is 10.1 Å². The molecule has 1 aliphatic carbocycles. The number of hydrogen-bond acceptors (Lipinski definition) is 6. The number of aromatic hydroxyl groups is 1. The van der Waals surface area contributed by atoms with E-state index >= 15 is 0 Å². The molecule has 9 heteroatoms. The minimum atomic E-state index is -0.470. The maximum atomic E-state index is 11.4. The van der Waals surface area contributed by atoms with Crippen molar-refractivity contribution in [2.24, 2.45) is 4.99 Å². The predicted octanol–water partition coefficient (Wildman–Crippen LogP) is 0.791. The van der Waals surface area contributed by atoms with Crippen molar-refractivity contribution in [1.82, 2.24) is 24.6 Å². The zero-order valence-electron chi connectivity index (χ0n) is 13.5. The van der Waals surface area contributed by atoms with Crippen LogP contribution >= 0.6 is 11.3 Å². The van der Waals surface area contributed by atoms with E-state index in [1.807, 2.05) is 23.6 Å². The molecule has 0 saturated heterocycles. The van der Waals surface area contributed by atoms with Gasteiger partial charge in [0.1, 0.15) is 5.69 Å². The van der Waals surface area contributed by atoms with E-state index in [0.717, 1.165) is 28.9 Å². The van der Waals surface area contributed by atoms with E-state index in [-0.39, 0.29) is 11.6 Å². The number of imidazole rings is 1. The monoisotopic (exact) mass is 366 g/mol. The van der Waals surface area contributed by atoms with Crippen molar-refractivity contribution in [3.8, 4) is 16.5 Å². The summed E-state index contributed by atoms with van der Waals surface area (Å²) < 4.78 is 1.70. The number of nitrogens with zero attached hydrogens (tertiary/aromatic N) is 4. The number of aromatic amines is 2. The van der Waals surface area contributed by atoms with Gasteiger partial charge in [0.15, 0.2) is 11.1 Å². The lowest BCUT2D eigenvalue weighted by atomic mass is 10.3. The van der Waals surface area contributed by atoms with Crippen LogP contribution in [0.25, 0.3) is 22.3 Å². The third-order valence-corrected chi connectivity index (χ3v) is 5.04. The van der Waals surface area contributed by atoms with Gasteiger partial charge in [0.2, 0.25) is 5.88 Å². The van der Waals surface area contributed by atoms with Crippen molar-refractivity contribution < 1.29 is 5.11 Å². The second-order valence-electron chi connectivity index (χ2n) is 6.16. The minimum Gasteiger partial charge on any atom is -0.493 e. The van der Waals surface area contributed by atoms with Crippen LogP contribution in [-0.2, 0) is 0 Å². The van der Waals surface area contributed by atoms with Gasteiger partial charge in [-0.1, -0.05) is 6.07 Å². The highest BCUT2D eigenvalue weighted by molar-refractivity contribution is 7.13. The topological polar surface area (TPSA) is 111 Å². The van der Waals surface area contributed by atoms with Gasteiger partial charge in [-0.25, -0.2) is 9.78 Å². The van der Waals surface area contributed by atoms with Crippen molar-refractivity contribution in [3.05, 3.63) is 56.7 Å². The SMILES string of the molecule is O=c1[nH]c(O)c(C=c2cnn3c(=NC4CC4)cc(-c4cccs4)nc23)[nH]1. The van der Waals surface area contributed by atoms with E-state index in [4.69, 9.17) is 9.98 Å². The van der Waals surface area contributed by atoms with Crippen molar-refractivity contribution >= 4 is 23.1 Å². The van der Waals surface area contributed by atoms with Crippen molar-refractivity contribution in [1.29, 1.82) is 0 Å². The third-order valence-electron chi connectivity index (χ3n) is 4.15. The van der Waals surface area contributed by atoms with Crippen LogP contribution in [0.15, 0.2) is 39.6 Å². The molecular formula is C17H14N6O2S. The Morgan fingerprint density at radius 2 is 2.27 bits per heavy atom. The Bertz CT molecular complexity index is 1280. The quantitative estimate of drug-likeness (QED) is 0.498. The molecule has 3 N–H and O–H groups in total. The number of fused-ring (bicyclic) bond motifs is 1. The van der Waals surface area contributed by atoms with Gasteiger partial charge in [-0.05, 0) is 30.4 Å². The summed E-state index contributed by atoms with van der Waals surface area (Å²) in [5, 5.41) is 16.9. The van der Waals surface area contributed by atoms with Crippen LogP contribution in [0.2, 0.25) is 0 Å². The van der Waals surface area contributed by atoms with Crippen LogP contribution < -0.4 is 16.4 Å². The van der Waals surface area contributed by atoms with Gasteiger partial charge >= 0.3 is 5.69 Å². The molecule has 0 unspecified atom stereocenters. The molecule has 4 aromatic heterocycles. The van der Waals surface area contributed by atoms with Crippen LogP contribution in [0, 0.1) is 0 Å². The normalized spacial score (nSPS) is 16.0. The first kappa shape index (κ1) is 15.1. The highest BCUT2D eigenvalue weighted by Crippen LogP contribution is 2.24. The van der Waals surface area contributed by atoms with Gasteiger partial charge in [-0.3, -0.25) is 9.98 Å². The first-order chi connectivity index (χ1) is 12.7. The Kier molecular flexibility index (Phi) is 3.29. The molecule has 0 spiro atoms. The number of H-pyrrole nitrogens is 2. The van der Waals surface area contributed by atoms with Crippen molar-refractivity contribution in [3.63, 3.8) is 0 Å². The standard InChI is InChI=1S/C17H14N6O2S/c24-16-12(21-17(25)22-16)6-9-8-18-23-14(19-10-3-4-10)7-11(20-15(9)23)13-2-1-5-26-13/h1-2,5-8,10,24H,3-4H2,(H2,21,22,25). The highest BCUT2D eigenvalue weighted by atomic mass is 32.1. The fraction of sp³-hybridized carbons (Fsp3) is 0.176. The maximum absolute atomic E-state index is 11.4. The molecular weight excluding hydrogens is 352 g/mol. The first-order valence-electron chi connectivity index (χ1n) is 8.17. The summed E-state index contributed by atoms with van der Waals surface area (Å²) in [6.45, 7) is 0. The molecule has 0 atom stereocenters. The molecule has 0 amide bonds. The Labute approximate surface area is 150 Å². The summed E-state index contributed by atoms with van der Waals surface area (Å²) >= 11 is 1.61. The zero-order valence-corrected chi connectivity index (χ0v) is 14.3. The number of aromatic nitrogens is 5. The van der Waals surface area contributed by atoms with Gasteiger partial charge in [-0.2, -0.15) is 9.61 Å². The number of thiophene rings is 1. The molecule has 5 rings (SSSR count). The average Bonchev–Trinajstić information content (AvgIpc) is 3.01. The second kappa shape index (κ2) is 5.67. The Balaban J connectivity index is 1.80. The minimum absolute atomic E-state index is 0.216. The Hall–Kier alpha value is -3.20. The molecule has 130 valence electrons. The van der Waals surface area contributed by atoms with Gasteiger partial charge in [-0.15, -0.1) is 11.3 Å². The zero-order chi connectivity index (χ0) is 17.7. The van der Waals surface area contributed by atoms with E-state index in [1.165, 1.54) is 0 Å². The summed E-state index contributed by atoms with van der Waals surface area (Å²) in [5.74, 6) is -0.216. The van der Waals surface area contributed by atoms with E-state index in [1.54, 1.807) is 28.1 Å². The number of nitrogens with one attached hydrogen (secondary N) is 2. The molecule has 1 saturated carbocycles. The van der Waals surface area contributed by atoms with Crippen LogP contribution in [0.1, 0.15) is 18.5 Å². The van der Waals surface area contributed by atoms with Crippen LogP contribution in [0.3, 0.4) is 0 Å². The van der Waals surface area contributed by atoms with Crippen LogP contribution in [0.5, 0.6) is 5.88 Å². The Morgan fingerprint density at radius 1 is 1.38 bits per heavy atom. The molecule has 8 nitrogen and oxygen atoms in total. The fourth-order valence-electron chi connectivity index (χ4n) is 2.75. The molecule has 0 radical (unpaired) electrons. The van der Waals surface area contributed by atoms with E-state index in [9.17, 15) is 9.90 Å². The molecule has 1 aliphatic rings. The smallest absolute Gasteiger partial charge is 0.326 e. The van der Waals surface area contributed by atoms with Crippen molar-refractivity contribution in [2.75, 3.05) is 0 Å². The second-order valence-corrected chi connectivity index (χ2v) is 7.11. The van der Waals surface area contributed by atoms with Gasteiger partial charge in [0.25, 0.3) is 0 Å². The summed E-state index contributed by atoms with van der Waals surface area (Å²) in [5.41, 5.74) is 2.02. The highest BCUT2D eigenvalue weighted by Gasteiger charge is 2.20. The largest absolute Gasteiger partial charge is 0.493 e. The van der Waals surface area contributed by atoms with Gasteiger partial charge in [0, 0.05) is 11.3 Å². The third kappa shape index (κ3) is 2.62. The van der Waals surface area contributed by atoms with Gasteiger partial charge in [0.05, 0.1) is 22.8 Å². The summed E-state index contributed by atoms with van der Waals surface area (Å²) in [6, 6.07) is 6.29. The fourth-order valence-corrected chi connectivity index (χ4v) is 3.43. The number of rotatable bonds is 3. The summed E-state index contributed by atoms with van der Waals surface area (Å²) in [4.78, 5) is 26.7. The predicted molar refractivity (Wildman–Crippen MR) is 96.7 cm³/mol. The molecule has 4 heterocycles. The molecule has 1 fully saturated rings. The summed E-state index contributed by atoms with van der Waals surface area (Å²) in [7, 11) is 0. The molecule has 26 heavy (non-hydrogen) atoms. The first-order valence-corrected chi connectivity index (χ1v) is 9.05. The maximum Gasteiger partial charge on any atom is 0.326 e. The lowest BCUT2D eigenvalue weighted by Gasteiger charge is -2.00. The van der Waals surface area contributed by atoms with E-state index < -0.39 is 5.69 Å². The lowest BCUT2D eigenvalue weighted by Crippen LogP contribution is -2.19. The molecule has 0 aliphatic heterocycles. The van der Waals surface area contributed by atoms with Crippen molar-refractivity contribution in [2.45, 2.75) is 18.9 Å². The molecule has 0 bridgehead atoms. The average molecular weight is 366 g/mol. The van der Waals surface area contributed by atoms with Crippen LogP contribution in [-0.4, -0.2) is 35.7 Å². The van der Waals surface area contributed by atoms with Crippen LogP contribution in [0.4, 0.5) is 0 Å². The molecule has 0 aromatic carbocycles.